The van der Waals surface area contributed by atoms with Crippen LogP contribution in [0.2, 0.25) is 5.02 Å². The molecule has 0 atom stereocenters. The molecule has 1 amide bonds. The minimum Gasteiger partial charge on any atom is -0.497 e. The highest BCUT2D eigenvalue weighted by Crippen LogP contribution is 2.26. The first-order chi connectivity index (χ1) is 10.1. The number of rotatable bonds is 5. The van der Waals surface area contributed by atoms with Crippen molar-refractivity contribution in [2.45, 2.75) is 0 Å². The maximum absolute atomic E-state index is 11.8. The summed E-state index contributed by atoms with van der Waals surface area (Å²) in [6.45, 7) is -0.152. The number of hydrogen-bond donors (Lipinski definition) is 2. The Morgan fingerprint density at radius 1 is 1.29 bits per heavy atom. The summed E-state index contributed by atoms with van der Waals surface area (Å²) in [5.74, 6) is 0.776. The van der Waals surface area contributed by atoms with Crippen molar-refractivity contribution < 1.29 is 14.3 Å². The molecule has 3 N–H and O–H groups in total. The van der Waals surface area contributed by atoms with Gasteiger partial charge in [0.05, 0.1) is 12.1 Å². The maximum Gasteiger partial charge on any atom is 0.262 e. The molecular formula is C15H15ClN2O3. The van der Waals surface area contributed by atoms with Gasteiger partial charge in [0.1, 0.15) is 11.5 Å². The molecule has 0 aliphatic heterocycles. The van der Waals surface area contributed by atoms with Gasteiger partial charge in [-0.3, -0.25) is 4.79 Å². The molecule has 0 saturated carbocycles. The number of nitrogen functional groups attached to an aromatic ring is 1. The molecule has 2 aromatic carbocycles. The second-order valence-electron chi connectivity index (χ2n) is 4.26. The zero-order valence-corrected chi connectivity index (χ0v) is 12.2. The minimum absolute atomic E-state index is 0.152. The summed E-state index contributed by atoms with van der Waals surface area (Å²) in [4.78, 5) is 11.8. The number of methoxy groups -OCH3 is 1. The number of amides is 1. The summed E-state index contributed by atoms with van der Waals surface area (Å²) in [6.07, 6.45) is 0. The average molecular weight is 307 g/mol. The van der Waals surface area contributed by atoms with Gasteiger partial charge in [-0.2, -0.15) is 0 Å². The smallest absolute Gasteiger partial charge is 0.262 e. The highest BCUT2D eigenvalue weighted by Gasteiger charge is 2.07. The largest absolute Gasteiger partial charge is 0.497 e. The van der Waals surface area contributed by atoms with E-state index in [1.54, 1.807) is 49.6 Å². The van der Waals surface area contributed by atoms with Crippen LogP contribution in [-0.4, -0.2) is 19.6 Å². The van der Waals surface area contributed by atoms with Gasteiger partial charge in [-0.05, 0) is 30.3 Å². The summed E-state index contributed by atoms with van der Waals surface area (Å²) in [6, 6.07) is 11.9. The molecule has 0 aliphatic carbocycles. The highest BCUT2D eigenvalue weighted by atomic mass is 35.5. The van der Waals surface area contributed by atoms with Gasteiger partial charge in [0.15, 0.2) is 6.61 Å². The van der Waals surface area contributed by atoms with Gasteiger partial charge < -0.3 is 20.5 Å². The number of nitrogens with two attached hydrogens (primary N) is 1. The second kappa shape index (κ2) is 6.85. The fraction of sp³-hybridized carbons (Fsp3) is 0.133. The normalized spacial score (nSPS) is 10.0. The minimum atomic E-state index is -0.295. The first kappa shape index (κ1) is 15.0. The van der Waals surface area contributed by atoms with Crippen LogP contribution in [-0.2, 0) is 4.79 Å². The Labute approximate surface area is 127 Å². The van der Waals surface area contributed by atoms with Crippen LogP contribution in [0.25, 0.3) is 0 Å². The number of carbonyl (C=O) groups is 1. The molecule has 0 aliphatic rings. The fourth-order valence-electron chi connectivity index (χ4n) is 1.68. The Bertz CT molecular complexity index is 647. The Balaban J connectivity index is 1.92. The Hall–Kier alpha value is -2.40. The third-order valence-electron chi connectivity index (χ3n) is 2.67. The summed E-state index contributed by atoms with van der Waals surface area (Å²) in [7, 11) is 1.56. The maximum atomic E-state index is 11.8. The molecule has 2 aromatic rings. The number of halogens is 1. The predicted octanol–water partition coefficient (Wildman–Crippen LogP) is 2.95. The second-order valence-corrected chi connectivity index (χ2v) is 4.67. The van der Waals surface area contributed by atoms with Crippen molar-refractivity contribution >= 4 is 28.9 Å². The summed E-state index contributed by atoms with van der Waals surface area (Å²) >= 11 is 5.96. The van der Waals surface area contributed by atoms with E-state index in [2.05, 4.69) is 5.32 Å². The molecule has 6 heteroatoms. The van der Waals surface area contributed by atoms with E-state index < -0.39 is 0 Å². The Morgan fingerprint density at radius 3 is 2.81 bits per heavy atom. The molecule has 0 heterocycles. The van der Waals surface area contributed by atoms with Crippen molar-refractivity contribution in [3.05, 3.63) is 47.5 Å². The lowest BCUT2D eigenvalue weighted by Gasteiger charge is -2.10. The third kappa shape index (κ3) is 4.29. The van der Waals surface area contributed by atoms with E-state index in [-0.39, 0.29) is 12.5 Å². The molecule has 0 aromatic heterocycles. The molecule has 5 nitrogen and oxygen atoms in total. The fourth-order valence-corrected chi connectivity index (χ4v) is 1.92. The predicted molar refractivity (Wildman–Crippen MR) is 83.0 cm³/mol. The van der Waals surface area contributed by atoms with E-state index in [0.717, 1.165) is 0 Å². The van der Waals surface area contributed by atoms with E-state index in [1.807, 2.05) is 0 Å². The number of carbonyl (C=O) groups excluding carboxylic acids is 1. The topological polar surface area (TPSA) is 73.6 Å². The van der Waals surface area contributed by atoms with Gasteiger partial charge in [-0.25, -0.2) is 0 Å². The van der Waals surface area contributed by atoms with Crippen LogP contribution in [0, 0.1) is 0 Å². The number of anilines is 2. The van der Waals surface area contributed by atoms with Crippen molar-refractivity contribution in [1.82, 2.24) is 0 Å². The van der Waals surface area contributed by atoms with Crippen molar-refractivity contribution in [2.24, 2.45) is 0 Å². The third-order valence-corrected chi connectivity index (χ3v) is 2.96. The van der Waals surface area contributed by atoms with Crippen molar-refractivity contribution in [1.29, 1.82) is 0 Å². The Kier molecular flexibility index (Phi) is 4.90. The van der Waals surface area contributed by atoms with Crippen molar-refractivity contribution in [3.8, 4) is 11.5 Å². The van der Waals surface area contributed by atoms with Crippen LogP contribution >= 0.6 is 11.6 Å². The lowest BCUT2D eigenvalue weighted by molar-refractivity contribution is -0.118. The van der Waals surface area contributed by atoms with E-state index in [0.29, 0.717) is 27.9 Å². The molecule has 21 heavy (non-hydrogen) atoms. The van der Waals surface area contributed by atoms with Crippen LogP contribution in [0.15, 0.2) is 42.5 Å². The highest BCUT2D eigenvalue weighted by molar-refractivity contribution is 6.32. The standard InChI is InChI=1S/C15H15ClN2O3/c1-20-12-4-2-3-11(8-12)18-15(19)9-21-14-6-5-10(17)7-13(14)16/h2-8H,9,17H2,1H3,(H,18,19). The molecule has 2 rings (SSSR count). The Morgan fingerprint density at radius 2 is 2.10 bits per heavy atom. The zero-order valence-electron chi connectivity index (χ0n) is 11.4. The summed E-state index contributed by atoms with van der Waals surface area (Å²) in [5.41, 5.74) is 6.75. The van der Waals surface area contributed by atoms with Gasteiger partial charge in [-0.1, -0.05) is 17.7 Å². The average Bonchev–Trinajstić information content (AvgIpc) is 2.46. The number of benzene rings is 2. The number of hydrogen-bond acceptors (Lipinski definition) is 4. The van der Waals surface area contributed by atoms with E-state index in [9.17, 15) is 4.79 Å². The number of nitrogens with one attached hydrogen (secondary N) is 1. The molecule has 0 spiro atoms. The molecule has 0 unspecified atom stereocenters. The van der Waals surface area contributed by atoms with Gasteiger partial charge in [-0.15, -0.1) is 0 Å². The van der Waals surface area contributed by atoms with Crippen LogP contribution in [0.4, 0.5) is 11.4 Å². The first-order valence-corrected chi connectivity index (χ1v) is 6.58. The van der Waals surface area contributed by atoms with Gasteiger partial charge in [0.2, 0.25) is 0 Å². The van der Waals surface area contributed by atoms with Crippen molar-refractivity contribution in [3.63, 3.8) is 0 Å². The van der Waals surface area contributed by atoms with E-state index in [4.69, 9.17) is 26.8 Å². The van der Waals surface area contributed by atoms with Crippen LogP contribution in [0.3, 0.4) is 0 Å². The van der Waals surface area contributed by atoms with Gasteiger partial charge >= 0.3 is 0 Å². The molecular weight excluding hydrogens is 292 g/mol. The van der Waals surface area contributed by atoms with E-state index >= 15 is 0 Å². The monoisotopic (exact) mass is 306 g/mol. The SMILES string of the molecule is COc1cccc(NC(=O)COc2ccc(N)cc2Cl)c1. The summed E-state index contributed by atoms with van der Waals surface area (Å²) < 4.78 is 10.4. The van der Waals surface area contributed by atoms with Crippen LogP contribution in [0.1, 0.15) is 0 Å². The molecule has 0 radical (unpaired) electrons. The molecule has 110 valence electrons. The molecule has 0 bridgehead atoms. The van der Waals surface area contributed by atoms with Crippen LogP contribution in [0.5, 0.6) is 11.5 Å². The molecule has 0 fully saturated rings. The first-order valence-electron chi connectivity index (χ1n) is 6.20. The lowest BCUT2D eigenvalue weighted by Crippen LogP contribution is -2.20. The zero-order chi connectivity index (χ0) is 15.2. The van der Waals surface area contributed by atoms with Gasteiger partial charge in [0.25, 0.3) is 5.91 Å². The number of ether oxygens (including phenoxy) is 2. The quantitative estimate of drug-likeness (QED) is 0.833. The van der Waals surface area contributed by atoms with Crippen LogP contribution < -0.4 is 20.5 Å². The van der Waals surface area contributed by atoms with Crippen molar-refractivity contribution in [2.75, 3.05) is 24.8 Å². The molecule has 0 saturated heterocycles. The lowest BCUT2D eigenvalue weighted by atomic mass is 10.3. The van der Waals surface area contributed by atoms with Gasteiger partial charge in [0, 0.05) is 17.4 Å². The van der Waals surface area contributed by atoms with E-state index in [1.165, 1.54) is 0 Å². The summed E-state index contributed by atoms with van der Waals surface area (Å²) in [5, 5.41) is 3.07.